The number of para-hydroxylation sites is 1. The van der Waals surface area contributed by atoms with Gasteiger partial charge in [-0.1, -0.05) is 79.6 Å². The van der Waals surface area contributed by atoms with Crippen LogP contribution in [0.5, 0.6) is 5.75 Å². The maximum Gasteiger partial charge on any atom is 0.168 e. The zero-order valence-corrected chi connectivity index (χ0v) is 29.4. The zero-order valence-electron chi connectivity index (χ0n) is 29.4. The van der Waals surface area contributed by atoms with Crippen LogP contribution in [-0.4, -0.2) is 110 Å². The molecule has 10 heteroatoms. The molecule has 1 fully saturated rings. The van der Waals surface area contributed by atoms with E-state index < -0.39 is 0 Å². The van der Waals surface area contributed by atoms with Gasteiger partial charge in [-0.15, -0.1) is 10.2 Å². The average Bonchev–Trinajstić information content (AvgIpc) is 3.52. The lowest BCUT2D eigenvalue weighted by Crippen LogP contribution is -2.47. The van der Waals surface area contributed by atoms with Gasteiger partial charge in [0.05, 0.1) is 52.1 Å². The normalized spacial score (nSPS) is 14.0. The third kappa shape index (κ3) is 11.2. The van der Waals surface area contributed by atoms with E-state index in [-0.39, 0.29) is 0 Å². The number of aromatic nitrogens is 3. The standard InChI is InChI=1S/C39H54N6O4/c1-32-11-10-14-37(38(32)45-33(2)41-42-39(45)36-17-15-35(16-18-36)34-12-6-5-7-13-34)49-25-9-4-3-8-20-43-21-23-44(24-22-43)31-48-30-29-47-28-27-46-26-19-40/h5-7,10-18H,3-4,8-9,19-31,40H2,1-2H3. The van der Waals surface area contributed by atoms with Crippen molar-refractivity contribution in [3.8, 4) is 34.0 Å². The number of benzene rings is 3. The highest BCUT2D eigenvalue weighted by atomic mass is 16.5. The molecule has 0 aliphatic carbocycles. The Labute approximate surface area is 292 Å². The number of unbranched alkanes of at least 4 members (excludes halogenated alkanes) is 3. The number of hydrogen-bond acceptors (Lipinski definition) is 9. The molecule has 264 valence electrons. The number of hydrogen-bond donors (Lipinski definition) is 1. The van der Waals surface area contributed by atoms with Crippen molar-refractivity contribution in [3.63, 3.8) is 0 Å². The first-order valence-corrected chi connectivity index (χ1v) is 17.8. The summed E-state index contributed by atoms with van der Waals surface area (Å²) in [5, 5.41) is 9.06. The van der Waals surface area contributed by atoms with Crippen LogP contribution >= 0.6 is 0 Å². The molecule has 2 heterocycles. The minimum absolute atomic E-state index is 0.545. The number of rotatable bonds is 21. The van der Waals surface area contributed by atoms with E-state index >= 15 is 0 Å². The van der Waals surface area contributed by atoms with Crippen LogP contribution in [0.25, 0.3) is 28.2 Å². The summed E-state index contributed by atoms with van der Waals surface area (Å²) < 4.78 is 25.2. The van der Waals surface area contributed by atoms with Gasteiger partial charge in [0.25, 0.3) is 0 Å². The number of aryl methyl sites for hydroxylation is 2. The largest absolute Gasteiger partial charge is 0.491 e. The second kappa shape index (κ2) is 20.1. The highest BCUT2D eigenvalue weighted by molar-refractivity contribution is 5.69. The average molecular weight is 671 g/mol. The second-order valence-corrected chi connectivity index (χ2v) is 12.5. The Hall–Kier alpha value is -3.64. The molecule has 0 atom stereocenters. The molecule has 10 nitrogen and oxygen atoms in total. The predicted octanol–water partition coefficient (Wildman–Crippen LogP) is 5.74. The smallest absolute Gasteiger partial charge is 0.168 e. The number of piperazine rings is 1. The van der Waals surface area contributed by atoms with Gasteiger partial charge in [-0.05, 0) is 56.0 Å². The van der Waals surface area contributed by atoms with Crippen molar-refractivity contribution in [1.29, 1.82) is 0 Å². The van der Waals surface area contributed by atoms with E-state index in [1.165, 1.54) is 24.0 Å². The van der Waals surface area contributed by atoms with Crippen LogP contribution in [0.15, 0.2) is 72.8 Å². The van der Waals surface area contributed by atoms with Crippen molar-refractivity contribution in [2.45, 2.75) is 39.5 Å². The van der Waals surface area contributed by atoms with Crippen molar-refractivity contribution >= 4 is 0 Å². The molecule has 1 aliphatic heterocycles. The summed E-state index contributed by atoms with van der Waals surface area (Å²) in [4.78, 5) is 4.95. The Morgan fingerprint density at radius 3 is 2.02 bits per heavy atom. The first kappa shape index (κ1) is 36.6. The van der Waals surface area contributed by atoms with E-state index in [0.29, 0.717) is 52.9 Å². The van der Waals surface area contributed by atoms with Gasteiger partial charge in [0.15, 0.2) is 5.82 Å². The number of nitrogens with zero attached hydrogens (tertiary/aromatic N) is 5. The number of nitrogens with two attached hydrogens (primary N) is 1. The first-order chi connectivity index (χ1) is 24.1. The van der Waals surface area contributed by atoms with E-state index in [0.717, 1.165) is 79.8 Å². The second-order valence-electron chi connectivity index (χ2n) is 12.5. The maximum atomic E-state index is 6.42. The van der Waals surface area contributed by atoms with Crippen LogP contribution in [0, 0.1) is 13.8 Å². The molecular weight excluding hydrogens is 616 g/mol. The summed E-state index contributed by atoms with van der Waals surface area (Å²) in [5.41, 5.74) is 10.9. The fourth-order valence-electron chi connectivity index (χ4n) is 6.13. The van der Waals surface area contributed by atoms with Crippen LogP contribution in [-0.2, 0) is 14.2 Å². The summed E-state index contributed by atoms with van der Waals surface area (Å²) in [6.07, 6.45) is 4.60. The van der Waals surface area contributed by atoms with Gasteiger partial charge in [0.1, 0.15) is 11.6 Å². The molecule has 2 N–H and O–H groups in total. The molecule has 0 unspecified atom stereocenters. The summed E-state index contributed by atoms with van der Waals surface area (Å²) in [5.74, 6) is 2.52. The Morgan fingerprint density at radius 1 is 0.612 bits per heavy atom. The third-order valence-corrected chi connectivity index (χ3v) is 8.87. The van der Waals surface area contributed by atoms with Gasteiger partial charge >= 0.3 is 0 Å². The lowest BCUT2D eigenvalue weighted by molar-refractivity contribution is -0.0292. The molecule has 4 aromatic rings. The van der Waals surface area contributed by atoms with Crippen molar-refractivity contribution in [2.75, 3.05) is 85.6 Å². The Bertz CT molecular complexity index is 1510. The minimum atomic E-state index is 0.545. The van der Waals surface area contributed by atoms with Crippen LogP contribution in [0.2, 0.25) is 0 Å². The highest BCUT2D eigenvalue weighted by Gasteiger charge is 2.19. The van der Waals surface area contributed by atoms with Gasteiger partial charge in [-0.2, -0.15) is 0 Å². The molecule has 1 aliphatic rings. The molecule has 0 amide bonds. The van der Waals surface area contributed by atoms with Crippen molar-refractivity contribution in [1.82, 2.24) is 24.6 Å². The van der Waals surface area contributed by atoms with Crippen LogP contribution < -0.4 is 10.5 Å². The fourth-order valence-corrected chi connectivity index (χ4v) is 6.13. The lowest BCUT2D eigenvalue weighted by Gasteiger charge is -2.34. The summed E-state index contributed by atoms with van der Waals surface area (Å²) >= 11 is 0. The summed E-state index contributed by atoms with van der Waals surface area (Å²) in [6, 6.07) is 25.2. The van der Waals surface area contributed by atoms with Crippen LogP contribution in [0.1, 0.15) is 37.1 Å². The summed E-state index contributed by atoms with van der Waals surface area (Å²) in [6.45, 7) is 14.4. The van der Waals surface area contributed by atoms with Gasteiger partial charge in [-0.25, -0.2) is 0 Å². The molecule has 0 radical (unpaired) electrons. The molecule has 5 rings (SSSR count). The van der Waals surface area contributed by atoms with Crippen molar-refractivity contribution < 1.29 is 18.9 Å². The van der Waals surface area contributed by atoms with E-state index in [1.807, 2.05) is 13.0 Å². The van der Waals surface area contributed by atoms with Crippen molar-refractivity contribution in [2.24, 2.45) is 5.73 Å². The topological polar surface area (TPSA) is 100 Å². The van der Waals surface area contributed by atoms with E-state index in [9.17, 15) is 0 Å². The lowest BCUT2D eigenvalue weighted by atomic mass is 10.0. The monoisotopic (exact) mass is 670 g/mol. The maximum absolute atomic E-state index is 6.42. The number of ether oxygens (including phenoxy) is 4. The Kier molecular flexibility index (Phi) is 15.1. The predicted molar refractivity (Wildman–Crippen MR) is 195 cm³/mol. The Morgan fingerprint density at radius 2 is 1.27 bits per heavy atom. The van der Waals surface area contributed by atoms with E-state index in [1.54, 1.807) is 0 Å². The Balaban J connectivity index is 1.00. The summed E-state index contributed by atoms with van der Waals surface area (Å²) in [7, 11) is 0. The van der Waals surface area contributed by atoms with E-state index in [2.05, 4.69) is 98.2 Å². The zero-order chi connectivity index (χ0) is 34.1. The van der Waals surface area contributed by atoms with Gasteiger partial charge < -0.3 is 29.6 Å². The van der Waals surface area contributed by atoms with Gasteiger partial charge in [0, 0.05) is 38.3 Å². The van der Waals surface area contributed by atoms with Crippen LogP contribution in [0.3, 0.4) is 0 Å². The molecule has 0 bridgehead atoms. The highest BCUT2D eigenvalue weighted by Crippen LogP contribution is 2.33. The first-order valence-electron chi connectivity index (χ1n) is 17.8. The molecule has 3 aromatic carbocycles. The van der Waals surface area contributed by atoms with Crippen molar-refractivity contribution in [3.05, 3.63) is 84.2 Å². The van der Waals surface area contributed by atoms with Crippen LogP contribution in [0.4, 0.5) is 0 Å². The van der Waals surface area contributed by atoms with E-state index in [4.69, 9.17) is 24.7 Å². The molecule has 1 saturated heterocycles. The quantitative estimate of drug-likeness (QED) is 0.111. The molecule has 0 saturated carbocycles. The molecule has 0 spiro atoms. The van der Waals surface area contributed by atoms with Gasteiger partial charge in [-0.3, -0.25) is 9.47 Å². The fraction of sp³-hybridized carbons (Fsp3) is 0.487. The minimum Gasteiger partial charge on any atom is -0.491 e. The molecular formula is C39H54N6O4. The molecule has 1 aromatic heterocycles. The molecule has 49 heavy (non-hydrogen) atoms. The third-order valence-electron chi connectivity index (χ3n) is 8.87. The van der Waals surface area contributed by atoms with Gasteiger partial charge in [0.2, 0.25) is 0 Å². The SMILES string of the molecule is Cc1cccc(OCCCCCCN2CCN(COCCOCCOCCN)CC2)c1-n1c(C)nnc1-c1ccc(-c2ccccc2)cc1.